The Morgan fingerprint density at radius 2 is 1.52 bits per heavy atom. The predicted octanol–water partition coefficient (Wildman–Crippen LogP) is 6.96. The van der Waals surface area contributed by atoms with Crippen molar-refractivity contribution in [1.82, 2.24) is 18.8 Å². The van der Waals surface area contributed by atoms with E-state index in [2.05, 4.69) is 16.9 Å². The third-order valence-electron chi connectivity index (χ3n) is 13.8. The summed E-state index contributed by atoms with van der Waals surface area (Å²) < 4.78 is 80.7. The Labute approximate surface area is 418 Å². The number of sulfonamides is 1. The largest absolute Gasteiger partial charge is 0.504 e. The summed E-state index contributed by atoms with van der Waals surface area (Å²) in [5.74, 6) is -3.56. The molecule has 0 spiro atoms. The summed E-state index contributed by atoms with van der Waals surface area (Å²) in [7, 11) is 1.70. The second kappa shape index (κ2) is 20.7. The van der Waals surface area contributed by atoms with Gasteiger partial charge in [0.25, 0.3) is 0 Å². The molecule has 0 bridgehead atoms. The number of carboxylic acids is 2. The number of fused-ring (bicyclic) bond motifs is 4. The van der Waals surface area contributed by atoms with E-state index in [4.69, 9.17) is 20.3 Å². The standard InChI is InChI=1S/C20H15F3N4O3.C19H21NO4.C13H19NO4S/c21-8-1-2-15(13(22)3-8)27-7-12(20(29)30)17(28)9-4-14(23)19(25-18(9)27)26-5-10-11(6-26)16(10)24;1-20-5-4-10-7-15(22)19(24-3)18-12-9-16(23-2)14(21)8-11(12)6-13(20)17(10)18;1-3-9-14(10-4-2)19(17,18)12-7-5-11(6-8-12)13(15)16/h1-4,7,10-11,16H,5-6,24H2,(H,29,30);7-9,13,21-22H,4-6H2,1-3H3;5-8H,3-4,9-10H2,1-2H3,(H,15,16)/t10-,11+,16+;;. The highest BCUT2D eigenvalue weighted by molar-refractivity contribution is 7.89. The first-order valence-corrected chi connectivity index (χ1v) is 25.0. The Morgan fingerprint density at radius 1 is 0.863 bits per heavy atom. The lowest BCUT2D eigenvalue weighted by molar-refractivity contribution is 0.0685. The number of piperidine rings is 1. The number of rotatable bonds is 12. The number of benzene rings is 4. The Balaban J connectivity index is 0.000000151. The summed E-state index contributed by atoms with van der Waals surface area (Å²) in [4.78, 5) is 43.3. The molecule has 4 heterocycles. The molecule has 0 radical (unpaired) electrons. The normalized spacial score (nSPS) is 18.4. The molecule has 4 aromatic carbocycles. The van der Waals surface area contributed by atoms with Gasteiger partial charge in [0, 0.05) is 62.6 Å². The molecule has 4 atom stereocenters. The maximum Gasteiger partial charge on any atom is 0.341 e. The van der Waals surface area contributed by atoms with Gasteiger partial charge in [0.15, 0.2) is 40.3 Å². The number of aromatic hydroxyl groups is 2. The van der Waals surface area contributed by atoms with E-state index in [0.29, 0.717) is 43.7 Å². The number of carbonyl (C=O) groups is 2. The van der Waals surface area contributed by atoms with Gasteiger partial charge in [-0.25, -0.2) is 36.2 Å². The van der Waals surface area contributed by atoms with Gasteiger partial charge in [-0.15, -0.1) is 0 Å². The van der Waals surface area contributed by atoms with Crippen LogP contribution in [0.2, 0.25) is 0 Å². The Bertz CT molecular complexity index is 3300. The van der Waals surface area contributed by atoms with Crippen LogP contribution < -0.4 is 25.5 Å². The van der Waals surface area contributed by atoms with Crippen molar-refractivity contribution in [2.24, 2.45) is 17.6 Å². The van der Waals surface area contributed by atoms with Crippen LogP contribution in [0.1, 0.15) is 70.1 Å². The van der Waals surface area contributed by atoms with Gasteiger partial charge >= 0.3 is 11.9 Å². The lowest BCUT2D eigenvalue weighted by Crippen LogP contribution is -2.35. The quantitative estimate of drug-likeness (QED) is 0.0833. The molecule has 10 rings (SSSR count). The number of carboxylic acid groups (broad SMARTS) is 2. The number of phenols is 2. The number of likely N-dealkylation sites (N-methyl/N-ethyl adjacent to an activating group) is 1. The van der Waals surface area contributed by atoms with Crippen molar-refractivity contribution in [3.8, 4) is 39.8 Å². The van der Waals surface area contributed by atoms with Gasteiger partial charge in [0.2, 0.25) is 15.5 Å². The predicted molar refractivity (Wildman–Crippen MR) is 265 cm³/mol. The molecule has 4 aliphatic rings. The molecule has 1 saturated heterocycles. The molecule has 17 nitrogen and oxygen atoms in total. The third kappa shape index (κ3) is 9.88. The monoisotopic (exact) mass is 1030 g/mol. The van der Waals surface area contributed by atoms with Crippen LogP contribution in [0.25, 0.3) is 27.8 Å². The highest BCUT2D eigenvalue weighted by Crippen LogP contribution is 2.53. The van der Waals surface area contributed by atoms with Crippen LogP contribution in [0.3, 0.4) is 0 Å². The van der Waals surface area contributed by atoms with Crippen LogP contribution in [-0.4, -0.2) is 120 Å². The van der Waals surface area contributed by atoms with Crippen molar-refractivity contribution in [1.29, 1.82) is 0 Å². The minimum atomic E-state index is -3.53. The van der Waals surface area contributed by atoms with E-state index in [1.165, 1.54) is 46.8 Å². The number of phenolic OH excluding ortho intramolecular Hbond substituents is 2. The van der Waals surface area contributed by atoms with Crippen molar-refractivity contribution in [3.63, 3.8) is 0 Å². The van der Waals surface area contributed by atoms with Crippen LogP contribution in [0.5, 0.6) is 23.0 Å². The summed E-state index contributed by atoms with van der Waals surface area (Å²) in [6, 6.07) is 14.7. The maximum absolute atomic E-state index is 14.8. The fourth-order valence-corrected chi connectivity index (χ4v) is 11.7. The van der Waals surface area contributed by atoms with Crippen molar-refractivity contribution < 1.29 is 61.1 Å². The summed E-state index contributed by atoms with van der Waals surface area (Å²) in [5.41, 5.74) is 9.33. The van der Waals surface area contributed by atoms with Crippen molar-refractivity contribution in [3.05, 3.63) is 128 Å². The average molecular weight is 1030 g/mol. The molecule has 0 amide bonds. The van der Waals surface area contributed by atoms with Gasteiger partial charge in [-0.1, -0.05) is 13.8 Å². The molecule has 6 aromatic rings. The zero-order valence-corrected chi connectivity index (χ0v) is 41.4. The molecular weight excluding hydrogens is 974 g/mol. The maximum atomic E-state index is 14.8. The molecule has 2 aliphatic carbocycles. The number of ether oxygens (including phenoxy) is 2. The summed E-state index contributed by atoms with van der Waals surface area (Å²) >= 11 is 0. The highest BCUT2D eigenvalue weighted by atomic mass is 32.2. The molecule has 386 valence electrons. The number of aromatic carboxylic acids is 2. The third-order valence-corrected chi connectivity index (χ3v) is 15.7. The first kappa shape index (κ1) is 52.1. The Kier molecular flexibility index (Phi) is 14.8. The highest BCUT2D eigenvalue weighted by Gasteiger charge is 2.54. The number of aromatic nitrogens is 2. The van der Waals surface area contributed by atoms with E-state index in [-0.39, 0.29) is 68.4 Å². The van der Waals surface area contributed by atoms with E-state index in [1.54, 1.807) is 18.1 Å². The summed E-state index contributed by atoms with van der Waals surface area (Å²) in [5, 5.41) is 38.5. The SMILES string of the molecule is CCCN(CCC)S(=O)(=O)c1ccc(C(=O)O)cc1.COc1cc2c(cc1O)CC1c3c(cc(O)c(OC)c3-2)CCN1C.N[C@@H]1[C@H]2CN(c3nc4c(cc3F)c(=O)c(C(=O)O)cn4-c3ccc(F)cc3F)C[C@@H]12. The topological polar surface area (TPSA) is 238 Å². The number of nitrogens with zero attached hydrogens (tertiary/aromatic N) is 5. The van der Waals surface area contributed by atoms with E-state index in [1.807, 2.05) is 26.0 Å². The first-order chi connectivity index (χ1) is 34.7. The van der Waals surface area contributed by atoms with Gasteiger partial charge in [-0.05, 0) is 127 Å². The molecule has 2 aliphatic heterocycles. The van der Waals surface area contributed by atoms with Crippen molar-refractivity contribution in [2.75, 3.05) is 58.9 Å². The smallest absolute Gasteiger partial charge is 0.341 e. The molecule has 2 fully saturated rings. The zero-order chi connectivity index (χ0) is 52.8. The number of hydrogen-bond donors (Lipinski definition) is 5. The van der Waals surface area contributed by atoms with Crippen LogP contribution in [-0.2, 0) is 22.9 Å². The number of methoxy groups -OCH3 is 2. The molecule has 6 N–H and O–H groups in total. The molecule has 73 heavy (non-hydrogen) atoms. The minimum Gasteiger partial charge on any atom is -0.504 e. The summed E-state index contributed by atoms with van der Waals surface area (Å²) in [6.07, 6.45) is 4.11. The molecule has 1 unspecified atom stereocenters. The Hall–Kier alpha value is -7.20. The van der Waals surface area contributed by atoms with Gasteiger partial charge in [0.1, 0.15) is 17.2 Å². The van der Waals surface area contributed by atoms with Gasteiger partial charge < -0.3 is 40.5 Å². The molecular formula is C52H55F3N6O11S. The van der Waals surface area contributed by atoms with Crippen LogP contribution in [0.15, 0.2) is 82.6 Å². The van der Waals surface area contributed by atoms with Crippen LogP contribution in [0, 0.1) is 29.3 Å². The lowest BCUT2D eigenvalue weighted by Gasteiger charge is -2.40. The van der Waals surface area contributed by atoms with E-state index >= 15 is 0 Å². The van der Waals surface area contributed by atoms with Gasteiger partial charge in [-0.2, -0.15) is 4.31 Å². The van der Waals surface area contributed by atoms with E-state index in [0.717, 1.165) is 77.9 Å². The Morgan fingerprint density at radius 3 is 2.11 bits per heavy atom. The number of pyridine rings is 2. The van der Waals surface area contributed by atoms with Crippen LogP contribution >= 0.6 is 0 Å². The van der Waals surface area contributed by atoms with E-state index < -0.39 is 50.4 Å². The molecule has 2 aromatic heterocycles. The van der Waals surface area contributed by atoms with Gasteiger partial charge in [0.05, 0.1) is 35.8 Å². The van der Waals surface area contributed by atoms with Gasteiger partial charge in [-0.3, -0.25) is 14.3 Å². The van der Waals surface area contributed by atoms with E-state index in [9.17, 15) is 51.3 Å². The lowest BCUT2D eigenvalue weighted by atomic mass is 9.76. The second-order valence-electron chi connectivity index (χ2n) is 18.4. The minimum absolute atomic E-state index is 0.0272. The van der Waals surface area contributed by atoms with Crippen molar-refractivity contribution >= 4 is 38.8 Å². The average Bonchev–Trinajstić information content (AvgIpc) is 3.71. The van der Waals surface area contributed by atoms with Crippen molar-refractivity contribution in [2.45, 2.75) is 56.5 Å². The second-order valence-corrected chi connectivity index (χ2v) is 20.3. The number of nitrogens with two attached hydrogens (primary N) is 1. The fourth-order valence-electron chi connectivity index (χ4n) is 10.1. The zero-order valence-electron chi connectivity index (χ0n) is 40.6. The number of hydrogen-bond acceptors (Lipinski definition) is 13. The summed E-state index contributed by atoms with van der Waals surface area (Å²) in [6.45, 7) is 6.73. The van der Waals surface area contributed by atoms with Crippen LogP contribution in [0.4, 0.5) is 19.0 Å². The fraction of sp³-hybridized carbons (Fsp3) is 0.346. The molecule has 1 saturated carbocycles. The number of halogens is 3. The molecule has 21 heteroatoms. The number of anilines is 1. The first-order valence-electron chi connectivity index (χ1n) is 23.6.